The van der Waals surface area contributed by atoms with E-state index in [2.05, 4.69) is 4.98 Å². The average Bonchev–Trinajstić information content (AvgIpc) is 2.41. The van der Waals surface area contributed by atoms with Gasteiger partial charge in [0.25, 0.3) is 0 Å². The molecule has 0 radical (unpaired) electrons. The molecule has 0 amide bonds. The lowest BCUT2D eigenvalue weighted by Crippen LogP contribution is -2.05. The quantitative estimate of drug-likeness (QED) is 0.853. The molecule has 19 heavy (non-hydrogen) atoms. The lowest BCUT2D eigenvalue weighted by atomic mass is 10.0. The molecule has 3 nitrogen and oxygen atoms in total. The smallest absolute Gasteiger partial charge is 0.137 e. The number of carbonyl (C=O) groups is 1. The predicted octanol–water partition coefficient (Wildman–Crippen LogP) is 3.06. The highest BCUT2D eigenvalue weighted by Crippen LogP contribution is 2.15. The minimum atomic E-state index is 0.171. The molecule has 0 saturated heterocycles. The van der Waals surface area contributed by atoms with Crippen LogP contribution in [0.5, 0.6) is 0 Å². The number of pyridine rings is 1. The number of Topliss-reactive ketones (excluding diaryl/α,β-unsaturated/α-hetero) is 1. The van der Waals surface area contributed by atoms with Crippen molar-refractivity contribution < 1.29 is 4.79 Å². The summed E-state index contributed by atoms with van der Waals surface area (Å²) in [5.74, 6) is 0.171. The van der Waals surface area contributed by atoms with Crippen molar-refractivity contribution in [2.45, 2.75) is 19.3 Å². The van der Waals surface area contributed by atoms with E-state index < -0.39 is 0 Å². The van der Waals surface area contributed by atoms with Crippen LogP contribution in [0, 0.1) is 0 Å². The van der Waals surface area contributed by atoms with Crippen LogP contribution in [0.4, 0.5) is 5.69 Å². The van der Waals surface area contributed by atoms with Crippen LogP contribution in [-0.2, 0) is 17.6 Å². The molecule has 2 aromatic rings. The van der Waals surface area contributed by atoms with E-state index in [9.17, 15) is 4.79 Å². The molecule has 0 aliphatic heterocycles. The molecule has 0 bridgehead atoms. The average molecular weight is 275 g/mol. The van der Waals surface area contributed by atoms with Gasteiger partial charge in [0.2, 0.25) is 0 Å². The summed E-state index contributed by atoms with van der Waals surface area (Å²) in [6.07, 6.45) is 4.79. The number of nitrogen functional groups attached to an aromatic ring is 1. The monoisotopic (exact) mass is 274 g/mol. The number of rotatable bonds is 5. The molecule has 2 N–H and O–H groups in total. The van der Waals surface area contributed by atoms with E-state index in [1.807, 2.05) is 24.3 Å². The first-order chi connectivity index (χ1) is 9.15. The number of nitrogens with two attached hydrogens (primary N) is 1. The Kier molecular flexibility index (Phi) is 4.53. The second kappa shape index (κ2) is 6.34. The van der Waals surface area contributed by atoms with Crippen LogP contribution in [0.1, 0.15) is 17.5 Å². The van der Waals surface area contributed by atoms with Crippen molar-refractivity contribution in [1.29, 1.82) is 0 Å². The third kappa shape index (κ3) is 4.07. The van der Waals surface area contributed by atoms with Crippen LogP contribution in [0.3, 0.4) is 0 Å². The fourth-order valence-corrected chi connectivity index (χ4v) is 2.00. The van der Waals surface area contributed by atoms with Gasteiger partial charge in [-0.15, -0.1) is 0 Å². The SMILES string of the molecule is Nc1ccc(CCC(=O)Cc2ccncc2Cl)cc1. The van der Waals surface area contributed by atoms with Crippen molar-refractivity contribution >= 4 is 23.1 Å². The number of hydrogen-bond donors (Lipinski definition) is 1. The summed E-state index contributed by atoms with van der Waals surface area (Å²) in [4.78, 5) is 15.8. The van der Waals surface area contributed by atoms with Crippen molar-refractivity contribution in [2.24, 2.45) is 0 Å². The summed E-state index contributed by atoms with van der Waals surface area (Å²) >= 11 is 5.97. The Morgan fingerprint density at radius 1 is 1.21 bits per heavy atom. The Morgan fingerprint density at radius 3 is 2.63 bits per heavy atom. The number of aryl methyl sites for hydroxylation is 1. The standard InChI is InChI=1S/C15H15ClN2O/c16-15-10-18-8-7-12(15)9-14(19)6-3-11-1-4-13(17)5-2-11/h1-2,4-5,7-8,10H,3,6,9,17H2. The zero-order valence-electron chi connectivity index (χ0n) is 10.5. The molecule has 1 aromatic heterocycles. The van der Waals surface area contributed by atoms with Gasteiger partial charge in [-0.25, -0.2) is 0 Å². The third-order valence-corrected chi connectivity index (χ3v) is 3.26. The van der Waals surface area contributed by atoms with E-state index in [1.54, 1.807) is 18.5 Å². The largest absolute Gasteiger partial charge is 0.399 e. The van der Waals surface area contributed by atoms with E-state index in [0.29, 0.717) is 17.9 Å². The van der Waals surface area contributed by atoms with Gasteiger partial charge in [0, 0.05) is 30.9 Å². The molecule has 1 heterocycles. The van der Waals surface area contributed by atoms with E-state index in [1.165, 1.54) is 0 Å². The van der Waals surface area contributed by atoms with Gasteiger partial charge in [-0.3, -0.25) is 9.78 Å². The predicted molar refractivity (Wildman–Crippen MR) is 77.1 cm³/mol. The summed E-state index contributed by atoms with van der Waals surface area (Å²) in [7, 11) is 0. The zero-order chi connectivity index (χ0) is 13.7. The Bertz CT molecular complexity index is 567. The number of ketones is 1. The molecule has 4 heteroatoms. The van der Waals surface area contributed by atoms with Gasteiger partial charge >= 0.3 is 0 Å². The van der Waals surface area contributed by atoms with E-state index in [-0.39, 0.29) is 5.78 Å². The molecule has 2 rings (SSSR count). The molecule has 98 valence electrons. The van der Waals surface area contributed by atoms with Crippen molar-refractivity contribution in [2.75, 3.05) is 5.73 Å². The number of aromatic nitrogens is 1. The van der Waals surface area contributed by atoms with Crippen LogP contribution >= 0.6 is 11.6 Å². The fourth-order valence-electron chi connectivity index (χ4n) is 1.82. The number of carbonyl (C=O) groups excluding carboxylic acids is 1. The topological polar surface area (TPSA) is 56.0 Å². The summed E-state index contributed by atoms with van der Waals surface area (Å²) < 4.78 is 0. The summed E-state index contributed by atoms with van der Waals surface area (Å²) in [5, 5.41) is 0.545. The van der Waals surface area contributed by atoms with Gasteiger partial charge in [0.1, 0.15) is 5.78 Å². The first-order valence-corrected chi connectivity index (χ1v) is 6.47. The van der Waals surface area contributed by atoms with E-state index in [4.69, 9.17) is 17.3 Å². The second-order valence-corrected chi connectivity index (χ2v) is 4.83. The first-order valence-electron chi connectivity index (χ1n) is 6.09. The normalized spacial score (nSPS) is 10.4. The van der Waals surface area contributed by atoms with Gasteiger partial charge < -0.3 is 5.73 Å². The molecule has 0 unspecified atom stereocenters. The van der Waals surface area contributed by atoms with Crippen LogP contribution in [0.2, 0.25) is 5.02 Å². The maximum absolute atomic E-state index is 11.9. The van der Waals surface area contributed by atoms with Gasteiger partial charge in [-0.2, -0.15) is 0 Å². The first kappa shape index (κ1) is 13.6. The molecule has 0 aliphatic carbocycles. The van der Waals surface area contributed by atoms with Crippen molar-refractivity contribution in [3.63, 3.8) is 0 Å². The van der Waals surface area contributed by atoms with Crippen LogP contribution in [0.15, 0.2) is 42.7 Å². The van der Waals surface area contributed by atoms with Gasteiger partial charge in [0.15, 0.2) is 0 Å². The highest BCUT2D eigenvalue weighted by molar-refractivity contribution is 6.31. The summed E-state index contributed by atoms with van der Waals surface area (Å²) in [6.45, 7) is 0. The molecule has 0 atom stereocenters. The molecular formula is C15H15ClN2O. The Morgan fingerprint density at radius 2 is 1.95 bits per heavy atom. The molecule has 0 spiro atoms. The van der Waals surface area contributed by atoms with Crippen LogP contribution in [-0.4, -0.2) is 10.8 Å². The third-order valence-electron chi connectivity index (χ3n) is 2.92. The number of hydrogen-bond acceptors (Lipinski definition) is 3. The van der Waals surface area contributed by atoms with E-state index >= 15 is 0 Å². The Balaban J connectivity index is 1.88. The Hall–Kier alpha value is -1.87. The van der Waals surface area contributed by atoms with Gasteiger partial charge in [-0.1, -0.05) is 23.7 Å². The number of anilines is 1. The van der Waals surface area contributed by atoms with Crippen molar-refractivity contribution in [3.05, 3.63) is 58.9 Å². The molecular weight excluding hydrogens is 260 g/mol. The van der Waals surface area contributed by atoms with Gasteiger partial charge in [0.05, 0.1) is 5.02 Å². The van der Waals surface area contributed by atoms with Crippen molar-refractivity contribution in [3.8, 4) is 0 Å². The maximum Gasteiger partial charge on any atom is 0.137 e. The minimum Gasteiger partial charge on any atom is -0.399 e. The summed E-state index contributed by atoms with van der Waals surface area (Å²) in [5.41, 5.74) is 8.30. The Labute approximate surface area is 117 Å². The van der Waals surface area contributed by atoms with E-state index in [0.717, 1.165) is 23.2 Å². The zero-order valence-corrected chi connectivity index (χ0v) is 11.2. The fraction of sp³-hybridized carbons (Fsp3) is 0.200. The number of benzene rings is 1. The highest BCUT2D eigenvalue weighted by Gasteiger charge is 2.07. The second-order valence-electron chi connectivity index (χ2n) is 4.42. The lowest BCUT2D eigenvalue weighted by Gasteiger charge is -2.04. The lowest BCUT2D eigenvalue weighted by molar-refractivity contribution is -0.118. The van der Waals surface area contributed by atoms with Crippen LogP contribution < -0.4 is 5.73 Å². The molecule has 1 aromatic carbocycles. The molecule has 0 aliphatic rings. The number of halogens is 1. The van der Waals surface area contributed by atoms with Crippen molar-refractivity contribution in [1.82, 2.24) is 4.98 Å². The molecule has 0 fully saturated rings. The molecule has 0 saturated carbocycles. The minimum absolute atomic E-state index is 0.171. The van der Waals surface area contributed by atoms with Gasteiger partial charge in [-0.05, 0) is 35.7 Å². The number of nitrogens with zero attached hydrogens (tertiary/aromatic N) is 1. The summed E-state index contributed by atoms with van der Waals surface area (Å²) in [6, 6.07) is 9.37. The highest BCUT2D eigenvalue weighted by atomic mass is 35.5. The van der Waals surface area contributed by atoms with Crippen LogP contribution in [0.25, 0.3) is 0 Å². The maximum atomic E-state index is 11.9.